The monoisotopic (exact) mass is 230 g/mol. The van der Waals surface area contributed by atoms with Gasteiger partial charge in [-0.2, -0.15) is 11.8 Å². The van der Waals surface area contributed by atoms with Gasteiger partial charge in [0.05, 0.1) is 5.92 Å². The van der Waals surface area contributed by atoms with E-state index in [0.29, 0.717) is 5.25 Å². The topological polar surface area (TPSA) is 46.3 Å². The lowest BCUT2D eigenvalue weighted by molar-refractivity contribution is -0.135. The van der Waals surface area contributed by atoms with Gasteiger partial charge >= 0.3 is 0 Å². The van der Waals surface area contributed by atoms with Crippen LogP contribution in [0.25, 0.3) is 0 Å². The van der Waals surface area contributed by atoms with E-state index < -0.39 is 0 Å². The number of carbonyl (C=O) groups excluding carboxylic acids is 1. The SMILES string of the molecule is CCC1CN(C(=O)C(C)C(C)N)CCS1. The van der Waals surface area contributed by atoms with E-state index in [1.807, 2.05) is 30.5 Å². The molecule has 1 aliphatic heterocycles. The molecular weight excluding hydrogens is 208 g/mol. The standard InChI is InChI=1S/C11H22N2OS/c1-4-10-7-13(5-6-15-10)11(14)8(2)9(3)12/h8-10H,4-7,12H2,1-3H3. The lowest BCUT2D eigenvalue weighted by Gasteiger charge is -2.34. The Morgan fingerprint density at radius 2 is 2.27 bits per heavy atom. The average molecular weight is 230 g/mol. The molecule has 1 aliphatic rings. The van der Waals surface area contributed by atoms with Gasteiger partial charge in [0.15, 0.2) is 0 Å². The maximum Gasteiger partial charge on any atom is 0.227 e. The fraction of sp³-hybridized carbons (Fsp3) is 0.909. The molecule has 1 heterocycles. The van der Waals surface area contributed by atoms with Gasteiger partial charge in [0.2, 0.25) is 5.91 Å². The van der Waals surface area contributed by atoms with E-state index in [1.54, 1.807) is 0 Å². The Balaban J connectivity index is 2.52. The number of nitrogens with two attached hydrogens (primary N) is 1. The van der Waals surface area contributed by atoms with E-state index in [-0.39, 0.29) is 17.9 Å². The minimum Gasteiger partial charge on any atom is -0.340 e. The number of hydrogen-bond acceptors (Lipinski definition) is 3. The van der Waals surface area contributed by atoms with Crippen LogP contribution in [0.15, 0.2) is 0 Å². The lowest BCUT2D eigenvalue weighted by atomic mass is 10.0. The summed E-state index contributed by atoms with van der Waals surface area (Å²) in [5.74, 6) is 1.24. The van der Waals surface area contributed by atoms with Crippen molar-refractivity contribution in [2.45, 2.75) is 38.5 Å². The second kappa shape index (κ2) is 5.75. The molecule has 0 aliphatic carbocycles. The third-order valence-corrected chi connectivity index (χ3v) is 4.46. The van der Waals surface area contributed by atoms with Crippen molar-refractivity contribution in [2.75, 3.05) is 18.8 Å². The van der Waals surface area contributed by atoms with Crippen LogP contribution in [0.5, 0.6) is 0 Å². The van der Waals surface area contributed by atoms with Crippen LogP contribution in [-0.4, -0.2) is 40.9 Å². The number of rotatable bonds is 3. The molecule has 1 amide bonds. The summed E-state index contributed by atoms with van der Waals surface area (Å²) >= 11 is 1.98. The van der Waals surface area contributed by atoms with E-state index in [4.69, 9.17) is 5.73 Å². The van der Waals surface area contributed by atoms with Crippen LogP contribution in [0.4, 0.5) is 0 Å². The lowest BCUT2D eigenvalue weighted by Crippen LogP contribution is -2.47. The largest absolute Gasteiger partial charge is 0.340 e. The Morgan fingerprint density at radius 3 is 2.80 bits per heavy atom. The van der Waals surface area contributed by atoms with E-state index in [1.165, 1.54) is 0 Å². The van der Waals surface area contributed by atoms with Crippen LogP contribution >= 0.6 is 11.8 Å². The van der Waals surface area contributed by atoms with Gasteiger partial charge in [-0.3, -0.25) is 4.79 Å². The minimum atomic E-state index is -0.0504. The van der Waals surface area contributed by atoms with Crippen molar-refractivity contribution in [3.63, 3.8) is 0 Å². The van der Waals surface area contributed by atoms with Crippen molar-refractivity contribution in [3.8, 4) is 0 Å². The summed E-state index contributed by atoms with van der Waals surface area (Å²) in [6, 6.07) is -0.0489. The first-order valence-corrected chi connectivity index (χ1v) is 6.77. The molecule has 0 aromatic carbocycles. The minimum absolute atomic E-state index is 0.0489. The van der Waals surface area contributed by atoms with Crippen LogP contribution in [0, 0.1) is 5.92 Å². The first kappa shape index (κ1) is 12.8. The molecule has 1 fully saturated rings. The van der Waals surface area contributed by atoms with Crippen molar-refractivity contribution in [1.29, 1.82) is 0 Å². The summed E-state index contributed by atoms with van der Waals surface area (Å²) in [5.41, 5.74) is 5.76. The van der Waals surface area contributed by atoms with Crippen LogP contribution in [0.1, 0.15) is 27.2 Å². The second-order valence-corrected chi connectivity index (χ2v) is 5.74. The Morgan fingerprint density at radius 1 is 1.60 bits per heavy atom. The van der Waals surface area contributed by atoms with Crippen molar-refractivity contribution in [1.82, 2.24) is 4.90 Å². The molecule has 1 saturated heterocycles. The Hall–Kier alpha value is -0.220. The molecule has 0 spiro atoms. The molecule has 3 atom stereocenters. The van der Waals surface area contributed by atoms with Gasteiger partial charge in [0, 0.05) is 30.1 Å². The number of amides is 1. The highest BCUT2D eigenvalue weighted by Crippen LogP contribution is 2.22. The number of nitrogens with zero attached hydrogens (tertiary/aromatic N) is 1. The third-order valence-electron chi connectivity index (χ3n) is 3.08. The summed E-state index contributed by atoms with van der Waals surface area (Å²) in [7, 11) is 0. The quantitative estimate of drug-likeness (QED) is 0.795. The zero-order valence-electron chi connectivity index (χ0n) is 9.90. The highest BCUT2D eigenvalue weighted by Gasteiger charge is 2.27. The normalized spacial score (nSPS) is 26.1. The van der Waals surface area contributed by atoms with Gasteiger partial charge in [0.25, 0.3) is 0 Å². The molecular formula is C11H22N2OS. The van der Waals surface area contributed by atoms with E-state index >= 15 is 0 Å². The van der Waals surface area contributed by atoms with Crippen LogP contribution in [-0.2, 0) is 4.79 Å². The predicted octanol–water partition coefficient (Wildman–Crippen LogP) is 1.32. The highest BCUT2D eigenvalue weighted by molar-refractivity contribution is 8.00. The maximum absolute atomic E-state index is 12.0. The zero-order chi connectivity index (χ0) is 11.4. The molecule has 2 N–H and O–H groups in total. The molecule has 0 aromatic rings. The molecule has 0 saturated carbocycles. The van der Waals surface area contributed by atoms with Gasteiger partial charge in [-0.05, 0) is 13.3 Å². The van der Waals surface area contributed by atoms with Crippen molar-refractivity contribution < 1.29 is 4.79 Å². The maximum atomic E-state index is 12.0. The number of thioether (sulfide) groups is 1. The summed E-state index contributed by atoms with van der Waals surface area (Å²) in [4.78, 5) is 14.0. The fourth-order valence-corrected chi connectivity index (χ4v) is 2.86. The van der Waals surface area contributed by atoms with E-state index in [2.05, 4.69) is 6.92 Å². The van der Waals surface area contributed by atoms with Crippen molar-refractivity contribution >= 4 is 17.7 Å². The smallest absolute Gasteiger partial charge is 0.227 e. The van der Waals surface area contributed by atoms with Crippen LogP contribution < -0.4 is 5.73 Å². The number of hydrogen-bond donors (Lipinski definition) is 1. The van der Waals surface area contributed by atoms with E-state index in [9.17, 15) is 4.79 Å². The summed E-state index contributed by atoms with van der Waals surface area (Å²) in [6.07, 6.45) is 1.14. The molecule has 0 aromatic heterocycles. The number of carbonyl (C=O) groups is 1. The third kappa shape index (κ3) is 3.38. The molecule has 0 radical (unpaired) electrons. The highest BCUT2D eigenvalue weighted by atomic mass is 32.2. The first-order chi connectivity index (χ1) is 7.06. The summed E-state index contributed by atoms with van der Waals surface area (Å²) in [5, 5.41) is 0.614. The molecule has 3 nitrogen and oxygen atoms in total. The average Bonchev–Trinajstić information content (AvgIpc) is 2.27. The van der Waals surface area contributed by atoms with Gasteiger partial charge < -0.3 is 10.6 Å². The Bertz CT molecular complexity index is 221. The fourth-order valence-electron chi connectivity index (χ4n) is 1.68. The Labute approximate surface area is 96.8 Å². The van der Waals surface area contributed by atoms with Gasteiger partial charge in [0.1, 0.15) is 0 Å². The van der Waals surface area contributed by atoms with Gasteiger partial charge in [-0.1, -0.05) is 13.8 Å². The van der Waals surface area contributed by atoms with Crippen LogP contribution in [0.2, 0.25) is 0 Å². The zero-order valence-corrected chi connectivity index (χ0v) is 10.7. The van der Waals surface area contributed by atoms with E-state index in [0.717, 1.165) is 25.3 Å². The molecule has 4 heteroatoms. The first-order valence-electron chi connectivity index (χ1n) is 5.72. The van der Waals surface area contributed by atoms with Crippen molar-refractivity contribution in [2.24, 2.45) is 11.7 Å². The Kier molecular flexibility index (Phi) is 4.93. The molecule has 88 valence electrons. The molecule has 1 rings (SSSR count). The van der Waals surface area contributed by atoms with Gasteiger partial charge in [-0.15, -0.1) is 0 Å². The molecule has 0 bridgehead atoms. The summed E-state index contributed by atoms with van der Waals surface area (Å²) in [6.45, 7) is 7.79. The van der Waals surface area contributed by atoms with Crippen molar-refractivity contribution in [3.05, 3.63) is 0 Å². The molecule has 15 heavy (non-hydrogen) atoms. The predicted molar refractivity (Wildman–Crippen MR) is 65.9 cm³/mol. The van der Waals surface area contributed by atoms with Gasteiger partial charge in [-0.25, -0.2) is 0 Å². The van der Waals surface area contributed by atoms with Crippen LogP contribution in [0.3, 0.4) is 0 Å². The molecule has 3 unspecified atom stereocenters. The second-order valence-electron chi connectivity index (χ2n) is 4.33. The summed E-state index contributed by atoms with van der Waals surface area (Å²) < 4.78 is 0.